The molecule has 0 aliphatic carbocycles. The fourth-order valence-electron chi connectivity index (χ4n) is 1.88. The zero-order chi connectivity index (χ0) is 15.5. The van der Waals surface area contributed by atoms with Gasteiger partial charge in [-0.15, -0.1) is 0 Å². The van der Waals surface area contributed by atoms with Crippen LogP contribution >= 0.6 is 0 Å². The van der Waals surface area contributed by atoms with E-state index in [1.165, 1.54) is 25.3 Å². The van der Waals surface area contributed by atoms with Gasteiger partial charge in [-0.25, -0.2) is 8.42 Å². The van der Waals surface area contributed by atoms with Crippen molar-refractivity contribution in [1.82, 2.24) is 0 Å². The number of hydrogen-bond acceptors (Lipinski definition) is 4. The molecule has 2 rings (SSSR count). The highest BCUT2D eigenvalue weighted by atomic mass is 32.2. The highest BCUT2D eigenvalue weighted by Crippen LogP contribution is 2.24. The Bertz CT molecular complexity index is 724. The number of aliphatic hydroxyl groups is 1. The molecular weight excluding hydrogens is 290 g/mol. The predicted octanol–water partition coefficient (Wildman–Crippen LogP) is 2.30. The van der Waals surface area contributed by atoms with Crippen molar-refractivity contribution in [1.29, 1.82) is 0 Å². The molecule has 0 fully saturated rings. The molecule has 0 saturated carbocycles. The Labute approximate surface area is 124 Å². The summed E-state index contributed by atoms with van der Waals surface area (Å²) in [4.78, 5) is 0.0768. The summed E-state index contributed by atoms with van der Waals surface area (Å²) in [5.41, 5.74) is 1.95. The Morgan fingerprint density at radius 3 is 2.38 bits per heavy atom. The molecule has 0 aliphatic heterocycles. The molecular formula is C15H17NO4S. The molecule has 2 aromatic carbocycles. The maximum Gasteiger partial charge on any atom is 0.261 e. The minimum absolute atomic E-state index is 0.0768. The molecule has 0 spiro atoms. The van der Waals surface area contributed by atoms with Crippen molar-refractivity contribution in [2.24, 2.45) is 0 Å². The molecule has 0 aromatic heterocycles. The standard InChI is InChI=1S/C15H17NO4S/c1-11-3-5-13(6-4-11)16-21(18,19)14-7-8-15(20-2)12(9-14)10-17/h3-9,16-17H,10H2,1-2H3. The Morgan fingerprint density at radius 1 is 1.14 bits per heavy atom. The van der Waals surface area contributed by atoms with Crippen LogP contribution in [0.25, 0.3) is 0 Å². The monoisotopic (exact) mass is 307 g/mol. The number of rotatable bonds is 5. The number of nitrogens with one attached hydrogen (secondary N) is 1. The predicted molar refractivity (Wildman–Crippen MR) is 80.9 cm³/mol. The molecule has 0 radical (unpaired) electrons. The van der Waals surface area contributed by atoms with Crippen LogP contribution in [0.3, 0.4) is 0 Å². The molecule has 0 amide bonds. The smallest absolute Gasteiger partial charge is 0.261 e. The second-order valence-electron chi connectivity index (χ2n) is 4.60. The Morgan fingerprint density at radius 2 is 1.81 bits per heavy atom. The van der Waals surface area contributed by atoms with E-state index in [-0.39, 0.29) is 11.5 Å². The van der Waals surface area contributed by atoms with Crippen LogP contribution in [0.1, 0.15) is 11.1 Å². The second kappa shape index (κ2) is 6.15. The molecule has 0 atom stereocenters. The van der Waals surface area contributed by atoms with Gasteiger partial charge in [-0.1, -0.05) is 17.7 Å². The summed E-state index contributed by atoms with van der Waals surface area (Å²) in [5.74, 6) is 0.451. The average molecular weight is 307 g/mol. The van der Waals surface area contributed by atoms with Crippen molar-refractivity contribution >= 4 is 15.7 Å². The topological polar surface area (TPSA) is 75.6 Å². The number of sulfonamides is 1. The van der Waals surface area contributed by atoms with Crippen molar-refractivity contribution in [3.63, 3.8) is 0 Å². The molecule has 5 nitrogen and oxygen atoms in total. The molecule has 21 heavy (non-hydrogen) atoms. The van der Waals surface area contributed by atoms with E-state index < -0.39 is 10.0 Å². The summed E-state index contributed by atoms with van der Waals surface area (Å²) >= 11 is 0. The first kappa shape index (κ1) is 15.3. The summed E-state index contributed by atoms with van der Waals surface area (Å²) in [6.45, 7) is 1.63. The number of ether oxygens (including phenoxy) is 1. The number of aryl methyl sites for hydroxylation is 1. The van der Waals surface area contributed by atoms with Crippen LogP contribution in [0.4, 0.5) is 5.69 Å². The van der Waals surface area contributed by atoms with E-state index in [4.69, 9.17) is 4.74 Å². The summed E-state index contributed by atoms with van der Waals surface area (Å²) in [6, 6.07) is 11.4. The quantitative estimate of drug-likeness (QED) is 0.888. The highest BCUT2D eigenvalue weighted by Gasteiger charge is 2.16. The first-order chi connectivity index (χ1) is 9.96. The van der Waals surface area contributed by atoms with Crippen molar-refractivity contribution < 1.29 is 18.3 Å². The largest absolute Gasteiger partial charge is 0.496 e. The highest BCUT2D eigenvalue weighted by molar-refractivity contribution is 7.92. The van der Waals surface area contributed by atoms with Gasteiger partial charge in [0.2, 0.25) is 0 Å². The first-order valence-corrected chi connectivity index (χ1v) is 7.82. The van der Waals surface area contributed by atoms with E-state index in [1.807, 2.05) is 19.1 Å². The minimum atomic E-state index is -3.70. The van der Waals surface area contributed by atoms with Gasteiger partial charge in [0.1, 0.15) is 5.75 Å². The molecule has 0 bridgehead atoms. The van der Waals surface area contributed by atoms with Crippen LogP contribution in [-0.2, 0) is 16.6 Å². The number of hydrogen-bond donors (Lipinski definition) is 2. The lowest BCUT2D eigenvalue weighted by Gasteiger charge is -2.11. The van der Waals surface area contributed by atoms with Gasteiger partial charge in [-0.05, 0) is 37.3 Å². The summed E-state index contributed by atoms with van der Waals surface area (Å²) < 4.78 is 32.2. The molecule has 0 saturated heterocycles. The fourth-order valence-corrected chi connectivity index (χ4v) is 2.99. The fraction of sp³-hybridized carbons (Fsp3) is 0.200. The van der Waals surface area contributed by atoms with Crippen LogP contribution in [0.5, 0.6) is 5.75 Å². The van der Waals surface area contributed by atoms with Gasteiger partial charge in [0.25, 0.3) is 10.0 Å². The van der Waals surface area contributed by atoms with Crippen LogP contribution in [0.15, 0.2) is 47.4 Å². The van der Waals surface area contributed by atoms with Gasteiger partial charge < -0.3 is 9.84 Å². The van der Waals surface area contributed by atoms with Gasteiger partial charge in [-0.3, -0.25) is 4.72 Å². The lowest BCUT2D eigenvalue weighted by molar-refractivity contribution is 0.273. The molecule has 112 valence electrons. The maximum atomic E-state index is 12.3. The van der Waals surface area contributed by atoms with Crippen LogP contribution in [0, 0.1) is 6.92 Å². The van der Waals surface area contributed by atoms with Crippen LogP contribution in [0.2, 0.25) is 0 Å². The van der Waals surface area contributed by atoms with E-state index in [0.717, 1.165) is 5.56 Å². The van der Waals surface area contributed by atoms with E-state index in [9.17, 15) is 13.5 Å². The molecule has 2 aromatic rings. The third-order valence-electron chi connectivity index (χ3n) is 3.04. The van der Waals surface area contributed by atoms with E-state index in [1.54, 1.807) is 12.1 Å². The van der Waals surface area contributed by atoms with Crippen molar-refractivity contribution in [2.45, 2.75) is 18.4 Å². The third-order valence-corrected chi connectivity index (χ3v) is 4.42. The number of aliphatic hydroxyl groups excluding tert-OH is 1. The SMILES string of the molecule is COc1ccc(S(=O)(=O)Nc2ccc(C)cc2)cc1CO. The van der Waals surface area contributed by atoms with E-state index in [2.05, 4.69) is 4.72 Å². The van der Waals surface area contributed by atoms with Gasteiger partial charge in [0.05, 0.1) is 18.6 Å². The Hall–Kier alpha value is -2.05. The molecule has 0 unspecified atom stereocenters. The van der Waals surface area contributed by atoms with Gasteiger partial charge >= 0.3 is 0 Å². The Kier molecular flexibility index (Phi) is 4.50. The van der Waals surface area contributed by atoms with E-state index in [0.29, 0.717) is 17.0 Å². The lowest BCUT2D eigenvalue weighted by atomic mass is 10.2. The summed E-state index contributed by atoms with van der Waals surface area (Å²) in [6.07, 6.45) is 0. The number of benzene rings is 2. The number of anilines is 1. The Balaban J connectivity index is 2.33. The molecule has 0 heterocycles. The van der Waals surface area contributed by atoms with Crippen molar-refractivity contribution in [3.05, 3.63) is 53.6 Å². The molecule has 0 aliphatic rings. The normalized spacial score (nSPS) is 11.2. The van der Waals surface area contributed by atoms with Gasteiger partial charge in [0, 0.05) is 11.3 Å². The summed E-state index contributed by atoms with van der Waals surface area (Å²) in [7, 11) is -2.23. The second-order valence-corrected chi connectivity index (χ2v) is 6.29. The number of methoxy groups -OCH3 is 1. The third kappa shape index (κ3) is 3.53. The first-order valence-electron chi connectivity index (χ1n) is 6.33. The van der Waals surface area contributed by atoms with E-state index >= 15 is 0 Å². The lowest BCUT2D eigenvalue weighted by Crippen LogP contribution is -2.13. The van der Waals surface area contributed by atoms with Crippen molar-refractivity contribution in [2.75, 3.05) is 11.8 Å². The van der Waals surface area contributed by atoms with Crippen molar-refractivity contribution in [3.8, 4) is 5.75 Å². The average Bonchev–Trinajstić information content (AvgIpc) is 2.48. The van der Waals surface area contributed by atoms with Gasteiger partial charge in [-0.2, -0.15) is 0 Å². The molecule has 2 N–H and O–H groups in total. The molecule has 6 heteroatoms. The zero-order valence-electron chi connectivity index (χ0n) is 11.8. The maximum absolute atomic E-state index is 12.3. The van der Waals surface area contributed by atoms with Crippen LogP contribution < -0.4 is 9.46 Å². The summed E-state index contributed by atoms with van der Waals surface area (Å²) in [5, 5.41) is 9.26. The van der Waals surface area contributed by atoms with Crippen LogP contribution in [-0.4, -0.2) is 20.6 Å². The van der Waals surface area contributed by atoms with Gasteiger partial charge in [0.15, 0.2) is 0 Å². The zero-order valence-corrected chi connectivity index (χ0v) is 12.6. The minimum Gasteiger partial charge on any atom is -0.496 e.